The molecule has 0 aromatic rings. The molecule has 0 atom stereocenters. The molecule has 0 saturated carbocycles. The number of hydrogen-bond donors (Lipinski definition) is 0. The lowest BCUT2D eigenvalue weighted by Gasteiger charge is -2.06. The van der Waals surface area contributed by atoms with E-state index in [0.717, 1.165) is 19.3 Å². The Labute approximate surface area is 107 Å². The molecule has 0 N–H and O–H groups in total. The highest BCUT2D eigenvalue weighted by molar-refractivity contribution is 5.69. The van der Waals surface area contributed by atoms with Gasteiger partial charge in [-0.25, -0.2) is 0 Å². The van der Waals surface area contributed by atoms with Gasteiger partial charge in [0.25, 0.3) is 0 Å². The number of unbranched alkanes of at least 4 members (excludes halogenated alkanes) is 8. The molecule has 0 aliphatic heterocycles. The second kappa shape index (κ2) is 10.2. The quantitative estimate of drug-likeness (QED) is 0.413. The third-order valence-corrected chi connectivity index (χ3v) is 2.71. The molecule has 0 radical (unpaired) electrons. The molecule has 18 heavy (non-hydrogen) atoms. The summed E-state index contributed by atoms with van der Waals surface area (Å²) in [6.45, 7) is 2.17. The first kappa shape index (κ1) is 17.3. The monoisotopic (exact) mass is 268 g/mol. The van der Waals surface area contributed by atoms with Gasteiger partial charge in [0.05, 0.1) is 0 Å². The zero-order valence-corrected chi connectivity index (χ0v) is 11.0. The maximum atomic E-state index is 11.6. The molecule has 108 valence electrons. The predicted octanol–water partition coefficient (Wildman–Crippen LogP) is 4.97. The van der Waals surface area contributed by atoms with E-state index in [4.69, 9.17) is 0 Å². The van der Waals surface area contributed by atoms with Crippen molar-refractivity contribution in [2.24, 2.45) is 0 Å². The van der Waals surface area contributed by atoms with Gasteiger partial charge in [0, 0.05) is 6.42 Å². The highest BCUT2D eigenvalue weighted by Gasteiger charge is 2.33. The highest BCUT2D eigenvalue weighted by atomic mass is 19.4. The molecule has 5 heteroatoms. The second-order valence-corrected chi connectivity index (χ2v) is 4.50. The van der Waals surface area contributed by atoms with Gasteiger partial charge in [-0.05, 0) is 6.42 Å². The van der Waals surface area contributed by atoms with Crippen molar-refractivity contribution in [1.82, 2.24) is 0 Å². The van der Waals surface area contributed by atoms with Crippen LogP contribution in [0, 0.1) is 0 Å². The van der Waals surface area contributed by atoms with Crippen molar-refractivity contribution in [3.8, 4) is 0 Å². The summed E-state index contributed by atoms with van der Waals surface area (Å²) in [5.74, 6) is -1.18. The molecule has 0 saturated heterocycles. The summed E-state index contributed by atoms with van der Waals surface area (Å²) >= 11 is 0. The Morgan fingerprint density at radius 3 is 1.78 bits per heavy atom. The summed E-state index contributed by atoms with van der Waals surface area (Å²) in [6, 6.07) is 0. The topological polar surface area (TPSA) is 26.3 Å². The van der Waals surface area contributed by atoms with Crippen molar-refractivity contribution in [2.75, 3.05) is 0 Å². The molecule has 0 aromatic carbocycles. The van der Waals surface area contributed by atoms with Crippen LogP contribution in [0.2, 0.25) is 0 Å². The van der Waals surface area contributed by atoms with Gasteiger partial charge in [0.2, 0.25) is 0 Å². The van der Waals surface area contributed by atoms with Crippen LogP contribution < -0.4 is 0 Å². The van der Waals surface area contributed by atoms with Crippen LogP contribution in [-0.2, 0) is 9.53 Å². The Morgan fingerprint density at radius 1 is 0.889 bits per heavy atom. The van der Waals surface area contributed by atoms with Gasteiger partial charge in [-0.3, -0.25) is 4.79 Å². The van der Waals surface area contributed by atoms with E-state index in [1.165, 1.54) is 32.1 Å². The summed E-state index contributed by atoms with van der Waals surface area (Å²) in [5, 5.41) is 0. The summed E-state index contributed by atoms with van der Waals surface area (Å²) < 4.78 is 38.2. The van der Waals surface area contributed by atoms with Crippen LogP contribution in [0.4, 0.5) is 13.2 Å². The van der Waals surface area contributed by atoms with Crippen LogP contribution >= 0.6 is 0 Å². The molecule has 0 unspecified atom stereocenters. The number of rotatable bonds is 10. The Bertz CT molecular complexity index is 215. The van der Waals surface area contributed by atoms with E-state index >= 15 is 0 Å². The average Bonchev–Trinajstić information content (AvgIpc) is 2.24. The van der Waals surface area contributed by atoms with E-state index in [-0.39, 0.29) is 6.42 Å². The molecule has 0 aliphatic carbocycles. The van der Waals surface area contributed by atoms with Gasteiger partial charge in [-0.15, -0.1) is 13.2 Å². The molecule has 0 aliphatic rings. The van der Waals surface area contributed by atoms with Crippen molar-refractivity contribution in [3.05, 3.63) is 0 Å². The van der Waals surface area contributed by atoms with Gasteiger partial charge in [0.1, 0.15) is 0 Å². The Kier molecular flexibility index (Phi) is 9.79. The van der Waals surface area contributed by atoms with E-state index in [1.54, 1.807) is 0 Å². The Balaban J connectivity index is 3.23. The van der Waals surface area contributed by atoms with Crippen LogP contribution in [0.3, 0.4) is 0 Å². The summed E-state index contributed by atoms with van der Waals surface area (Å²) in [7, 11) is 0. The van der Waals surface area contributed by atoms with Gasteiger partial charge in [0.15, 0.2) is 0 Å². The van der Waals surface area contributed by atoms with Crippen molar-refractivity contribution in [3.63, 3.8) is 0 Å². The standard InChI is InChI=1S/C13H23F3O2/c1-2-3-4-5-6-7-8-9-10-11-12(17)18-13(14,15)16/h2-11H2,1H3. The fourth-order valence-electron chi connectivity index (χ4n) is 1.76. The molecule has 0 fully saturated rings. The molecular formula is C13H23F3O2. The van der Waals surface area contributed by atoms with Crippen LogP contribution in [-0.4, -0.2) is 12.3 Å². The molecule has 0 aromatic heterocycles. The number of hydrogen-bond acceptors (Lipinski definition) is 2. The first-order chi connectivity index (χ1) is 8.45. The SMILES string of the molecule is CCCCCCCCCCCC(=O)OC(F)(F)F. The summed E-state index contributed by atoms with van der Waals surface area (Å²) in [6.07, 6.45) is 4.51. The lowest BCUT2D eigenvalue weighted by Crippen LogP contribution is -2.18. The van der Waals surface area contributed by atoms with Crippen LogP contribution in [0.15, 0.2) is 0 Å². The smallest absolute Gasteiger partial charge is 0.373 e. The molecular weight excluding hydrogens is 245 g/mol. The molecule has 0 bridgehead atoms. The third kappa shape index (κ3) is 13.3. The summed E-state index contributed by atoms with van der Waals surface area (Å²) in [4.78, 5) is 10.7. The molecule has 0 rings (SSSR count). The van der Waals surface area contributed by atoms with Gasteiger partial charge in [-0.2, -0.15) is 0 Å². The van der Waals surface area contributed by atoms with Gasteiger partial charge >= 0.3 is 12.3 Å². The van der Waals surface area contributed by atoms with Gasteiger partial charge < -0.3 is 4.74 Å². The van der Waals surface area contributed by atoms with Gasteiger partial charge in [-0.1, -0.05) is 58.3 Å². The predicted molar refractivity (Wildman–Crippen MR) is 64.0 cm³/mol. The van der Waals surface area contributed by atoms with Crippen LogP contribution in [0.5, 0.6) is 0 Å². The van der Waals surface area contributed by atoms with Crippen molar-refractivity contribution in [2.45, 2.75) is 77.5 Å². The number of carbonyl (C=O) groups is 1. The maximum absolute atomic E-state index is 11.6. The van der Waals surface area contributed by atoms with Crippen LogP contribution in [0.1, 0.15) is 71.1 Å². The minimum Gasteiger partial charge on any atom is -0.373 e. The fourth-order valence-corrected chi connectivity index (χ4v) is 1.76. The van der Waals surface area contributed by atoms with E-state index in [9.17, 15) is 18.0 Å². The summed E-state index contributed by atoms with van der Waals surface area (Å²) in [5.41, 5.74) is 0. The number of ether oxygens (including phenoxy) is 1. The molecule has 0 heterocycles. The Morgan fingerprint density at radius 2 is 1.33 bits per heavy atom. The van der Waals surface area contributed by atoms with E-state index in [1.807, 2.05) is 0 Å². The van der Waals surface area contributed by atoms with Crippen molar-refractivity contribution >= 4 is 5.97 Å². The lowest BCUT2D eigenvalue weighted by molar-refractivity contribution is -0.305. The lowest BCUT2D eigenvalue weighted by atomic mass is 10.1. The number of esters is 1. The average molecular weight is 268 g/mol. The fraction of sp³-hybridized carbons (Fsp3) is 0.923. The zero-order chi connectivity index (χ0) is 13.9. The Hall–Kier alpha value is -0.740. The minimum absolute atomic E-state index is 0.144. The largest absolute Gasteiger partial charge is 0.575 e. The molecule has 0 spiro atoms. The molecule has 2 nitrogen and oxygen atoms in total. The number of carbonyl (C=O) groups excluding carboxylic acids is 1. The number of halogens is 3. The van der Waals surface area contributed by atoms with Crippen LogP contribution in [0.25, 0.3) is 0 Å². The second-order valence-electron chi connectivity index (χ2n) is 4.50. The first-order valence-electron chi connectivity index (χ1n) is 6.74. The minimum atomic E-state index is -4.84. The van der Waals surface area contributed by atoms with E-state index in [2.05, 4.69) is 11.7 Å². The van der Waals surface area contributed by atoms with Crippen molar-refractivity contribution in [1.29, 1.82) is 0 Å². The highest BCUT2D eigenvalue weighted by Crippen LogP contribution is 2.18. The normalized spacial score (nSPS) is 11.6. The van der Waals surface area contributed by atoms with E-state index < -0.39 is 12.3 Å². The van der Waals surface area contributed by atoms with E-state index in [0.29, 0.717) is 6.42 Å². The maximum Gasteiger partial charge on any atom is 0.575 e. The number of alkyl halides is 3. The zero-order valence-electron chi connectivity index (χ0n) is 11.0. The molecule has 0 amide bonds. The third-order valence-electron chi connectivity index (χ3n) is 2.71. The van der Waals surface area contributed by atoms with Crippen molar-refractivity contribution < 1.29 is 22.7 Å². The first-order valence-corrected chi connectivity index (χ1v) is 6.74.